The predicted octanol–water partition coefficient (Wildman–Crippen LogP) is 3.49. The first kappa shape index (κ1) is 16.7. The van der Waals surface area contributed by atoms with Gasteiger partial charge in [-0.3, -0.25) is 14.5 Å². The average molecular weight is 326 g/mol. The second-order valence-electron chi connectivity index (χ2n) is 6.84. The molecule has 0 atom stereocenters. The summed E-state index contributed by atoms with van der Waals surface area (Å²) in [6.45, 7) is 2.74. The lowest BCUT2D eigenvalue weighted by molar-refractivity contribution is 0.0945. The highest BCUT2D eigenvalue weighted by molar-refractivity contribution is 5.93. The van der Waals surface area contributed by atoms with E-state index < -0.39 is 0 Å². The Hall–Kier alpha value is -2.17. The smallest absolute Gasteiger partial charge is 0.269 e. The van der Waals surface area contributed by atoms with Crippen LogP contribution in [-0.4, -0.2) is 27.2 Å². The van der Waals surface area contributed by atoms with E-state index in [9.17, 15) is 4.79 Å². The van der Waals surface area contributed by atoms with Crippen molar-refractivity contribution in [3.63, 3.8) is 0 Å². The van der Waals surface area contributed by atoms with Crippen LogP contribution in [0.25, 0.3) is 11.1 Å². The van der Waals surface area contributed by atoms with E-state index >= 15 is 0 Å². The molecular weight excluding hydrogens is 300 g/mol. The Morgan fingerprint density at radius 3 is 2.79 bits per heavy atom. The largest absolute Gasteiger partial charge is 0.351 e. The number of aryl methyl sites for hydroxylation is 2. The molecule has 1 aliphatic rings. The van der Waals surface area contributed by atoms with E-state index in [2.05, 4.69) is 15.4 Å². The maximum absolute atomic E-state index is 12.4. The van der Waals surface area contributed by atoms with Gasteiger partial charge in [0.15, 0.2) is 0 Å². The summed E-state index contributed by atoms with van der Waals surface area (Å²) in [4.78, 5) is 16.7. The van der Waals surface area contributed by atoms with Crippen molar-refractivity contribution in [3.05, 3.63) is 35.9 Å². The monoisotopic (exact) mass is 326 g/mol. The fourth-order valence-corrected chi connectivity index (χ4v) is 3.48. The zero-order chi connectivity index (χ0) is 16.9. The van der Waals surface area contributed by atoms with Gasteiger partial charge in [-0.1, -0.05) is 32.1 Å². The lowest BCUT2D eigenvalue weighted by atomic mass is 9.87. The number of aromatic nitrogens is 3. The highest BCUT2D eigenvalue weighted by atomic mass is 16.1. The number of pyridine rings is 1. The molecule has 5 nitrogen and oxygen atoms in total. The van der Waals surface area contributed by atoms with Crippen molar-refractivity contribution in [3.8, 4) is 11.1 Å². The van der Waals surface area contributed by atoms with Gasteiger partial charge in [-0.25, -0.2) is 0 Å². The van der Waals surface area contributed by atoms with Gasteiger partial charge >= 0.3 is 0 Å². The summed E-state index contributed by atoms with van der Waals surface area (Å²) in [6, 6.07) is 1.86. The molecule has 0 aliphatic heterocycles. The maximum atomic E-state index is 12.4. The molecule has 0 spiro atoms. The first-order chi connectivity index (χ1) is 11.6. The number of nitrogens with one attached hydrogen (secondary N) is 1. The van der Waals surface area contributed by atoms with Gasteiger partial charge in [0.25, 0.3) is 5.91 Å². The standard InChI is InChI=1S/C19H26N4O/c1-14-11-21-18(10-17(14)16-12-22-23(2)13-16)19(24)20-9-8-15-6-4-3-5-7-15/h10-13,15H,3-9H2,1-2H3,(H,20,24). The van der Waals surface area contributed by atoms with Crippen molar-refractivity contribution in [2.24, 2.45) is 13.0 Å². The third kappa shape index (κ3) is 4.02. The molecule has 1 aliphatic carbocycles. The maximum Gasteiger partial charge on any atom is 0.269 e. The molecule has 0 radical (unpaired) electrons. The topological polar surface area (TPSA) is 59.8 Å². The van der Waals surface area contributed by atoms with Crippen molar-refractivity contribution >= 4 is 5.91 Å². The van der Waals surface area contributed by atoms with E-state index in [0.717, 1.165) is 35.6 Å². The first-order valence-corrected chi connectivity index (χ1v) is 8.87. The molecule has 24 heavy (non-hydrogen) atoms. The molecule has 2 aromatic heterocycles. The van der Waals surface area contributed by atoms with Gasteiger partial charge in [-0.2, -0.15) is 5.10 Å². The van der Waals surface area contributed by atoms with Crippen LogP contribution in [0.2, 0.25) is 0 Å². The van der Waals surface area contributed by atoms with E-state index in [1.807, 2.05) is 32.4 Å². The number of carbonyl (C=O) groups is 1. The van der Waals surface area contributed by atoms with Gasteiger partial charge in [-0.15, -0.1) is 0 Å². The SMILES string of the molecule is Cc1cnc(C(=O)NCCC2CCCCC2)cc1-c1cnn(C)c1. The number of hydrogen-bond donors (Lipinski definition) is 1. The fourth-order valence-electron chi connectivity index (χ4n) is 3.48. The molecule has 1 fully saturated rings. The first-order valence-electron chi connectivity index (χ1n) is 8.87. The fraction of sp³-hybridized carbons (Fsp3) is 0.526. The van der Waals surface area contributed by atoms with E-state index in [1.165, 1.54) is 32.1 Å². The number of amides is 1. The van der Waals surface area contributed by atoms with Crippen molar-refractivity contribution < 1.29 is 4.79 Å². The molecule has 2 heterocycles. The zero-order valence-electron chi connectivity index (χ0n) is 14.6. The number of rotatable bonds is 5. The molecule has 0 unspecified atom stereocenters. The Morgan fingerprint density at radius 2 is 2.08 bits per heavy atom. The molecule has 0 aromatic carbocycles. The van der Waals surface area contributed by atoms with Crippen molar-refractivity contribution in [1.82, 2.24) is 20.1 Å². The molecule has 1 N–H and O–H groups in total. The highest BCUT2D eigenvalue weighted by Gasteiger charge is 2.15. The summed E-state index contributed by atoms with van der Waals surface area (Å²) in [5.74, 6) is 0.687. The van der Waals surface area contributed by atoms with E-state index in [-0.39, 0.29) is 5.91 Å². The van der Waals surface area contributed by atoms with Crippen LogP contribution in [0.3, 0.4) is 0 Å². The minimum absolute atomic E-state index is 0.0871. The average Bonchev–Trinajstić information content (AvgIpc) is 3.02. The Balaban J connectivity index is 1.62. The summed E-state index contributed by atoms with van der Waals surface area (Å²) in [6.07, 6.45) is 13.3. The molecule has 0 bridgehead atoms. The summed E-state index contributed by atoms with van der Waals surface area (Å²) in [5.41, 5.74) is 3.54. The Kier molecular flexibility index (Phi) is 5.28. The normalized spacial score (nSPS) is 15.4. The zero-order valence-corrected chi connectivity index (χ0v) is 14.6. The Labute approximate surface area is 143 Å². The minimum Gasteiger partial charge on any atom is -0.351 e. The van der Waals surface area contributed by atoms with Crippen LogP contribution >= 0.6 is 0 Å². The molecule has 1 saturated carbocycles. The van der Waals surface area contributed by atoms with E-state index in [4.69, 9.17) is 0 Å². The van der Waals surface area contributed by atoms with Gasteiger partial charge in [0, 0.05) is 31.5 Å². The molecule has 2 aromatic rings. The number of nitrogens with zero attached hydrogens (tertiary/aromatic N) is 3. The summed E-state index contributed by atoms with van der Waals surface area (Å²) in [7, 11) is 1.89. The van der Waals surface area contributed by atoms with Crippen LogP contribution in [0.5, 0.6) is 0 Å². The van der Waals surface area contributed by atoms with Gasteiger partial charge in [0.05, 0.1) is 6.20 Å². The quantitative estimate of drug-likeness (QED) is 0.915. The minimum atomic E-state index is -0.0871. The van der Waals surface area contributed by atoms with Gasteiger partial charge in [-0.05, 0) is 36.5 Å². The third-order valence-electron chi connectivity index (χ3n) is 4.91. The molecule has 128 valence electrons. The highest BCUT2D eigenvalue weighted by Crippen LogP contribution is 2.26. The van der Waals surface area contributed by atoms with Crippen LogP contribution in [0, 0.1) is 12.8 Å². The predicted molar refractivity (Wildman–Crippen MR) is 94.7 cm³/mol. The lowest BCUT2D eigenvalue weighted by Gasteiger charge is -2.21. The van der Waals surface area contributed by atoms with Crippen molar-refractivity contribution in [2.75, 3.05) is 6.54 Å². The Morgan fingerprint density at radius 1 is 1.29 bits per heavy atom. The van der Waals surface area contributed by atoms with Crippen LogP contribution in [0.4, 0.5) is 0 Å². The van der Waals surface area contributed by atoms with Crippen molar-refractivity contribution in [1.29, 1.82) is 0 Å². The molecule has 0 saturated heterocycles. The summed E-state index contributed by atoms with van der Waals surface area (Å²) >= 11 is 0. The van der Waals surface area contributed by atoms with E-state index in [1.54, 1.807) is 10.9 Å². The molecule has 5 heteroatoms. The second-order valence-corrected chi connectivity index (χ2v) is 6.84. The summed E-state index contributed by atoms with van der Waals surface area (Å²) in [5, 5.41) is 7.23. The Bertz CT molecular complexity index is 701. The van der Waals surface area contributed by atoms with Gasteiger partial charge in [0.1, 0.15) is 5.69 Å². The van der Waals surface area contributed by atoms with Gasteiger partial charge in [0.2, 0.25) is 0 Å². The third-order valence-corrected chi connectivity index (χ3v) is 4.91. The molecule has 3 rings (SSSR count). The summed E-state index contributed by atoms with van der Waals surface area (Å²) < 4.78 is 1.76. The van der Waals surface area contributed by atoms with Crippen LogP contribution in [0.1, 0.15) is 54.6 Å². The van der Waals surface area contributed by atoms with Crippen LogP contribution in [-0.2, 0) is 7.05 Å². The molecule has 1 amide bonds. The van der Waals surface area contributed by atoms with Crippen molar-refractivity contribution in [2.45, 2.75) is 45.4 Å². The van der Waals surface area contributed by atoms with Crippen LogP contribution in [0.15, 0.2) is 24.7 Å². The lowest BCUT2D eigenvalue weighted by Crippen LogP contribution is -2.27. The number of carbonyl (C=O) groups excluding carboxylic acids is 1. The molecular formula is C19H26N4O. The van der Waals surface area contributed by atoms with Gasteiger partial charge < -0.3 is 5.32 Å². The second kappa shape index (κ2) is 7.60. The van der Waals surface area contributed by atoms with E-state index in [0.29, 0.717) is 5.69 Å². The number of hydrogen-bond acceptors (Lipinski definition) is 3. The van der Waals surface area contributed by atoms with Crippen LogP contribution < -0.4 is 5.32 Å².